The summed E-state index contributed by atoms with van der Waals surface area (Å²) >= 11 is 0. The molecule has 1 saturated heterocycles. The molecule has 1 aliphatic rings. The number of aromatic amines is 1. The first-order valence-corrected chi connectivity index (χ1v) is 8.26. The zero-order chi connectivity index (χ0) is 16.1. The molecule has 0 radical (unpaired) electrons. The summed E-state index contributed by atoms with van der Waals surface area (Å²) in [6, 6.07) is 10.2. The SMILES string of the molecule is CCCc1[nH]ncc1C(=O)NC[C@@H]1CCO[C@H]1c1ccccc1. The van der Waals surface area contributed by atoms with E-state index in [1.165, 1.54) is 5.56 Å². The Morgan fingerprint density at radius 3 is 3.00 bits per heavy atom. The molecule has 0 unspecified atom stereocenters. The normalized spacial score (nSPS) is 20.6. The highest BCUT2D eigenvalue weighted by Crippen LogP contribution is 2.33. The summed E-state index contributed by atoms with van der Waals surface area (Å²) in [4.78, 5) is 12.4. The summed E-state index contributed by atoms with van der Waals surface area (Å²) in [5.41, 5.74) is 2.74. The van der Waals surface area contributed by atoms with Gasteiger partial charge >= 0.3 is 0 Å². The van der Waals surface area contributed by atoms with Gasteiger partial charge in [-0.05, 0) is 18.4 Å². The summed E-state index contributed by atoms with van der Waals surface area (Å²) in [5.74, 6) is 0.254. The van der Waals surface area contributed by atoms with Crippen molar-refractivity contribution in [2.24, 2.45) is 5.92 Å². The lowest BCUT2D eigenvalue weighted by molar-refractivity contribution is 0.0846. The largest absolute Gasteiger partial charge is 0.373 e. The molecule has 122 valence electrons. The number of aromatic nitrogens is 2. The lowest BCUT2D eigenvalue weighted by Gasteiger charge is -2.19. The number of amides is 1. The summed E-state index contributed by atoms with van der Waals surface area (Å²) in [6.07, 6.45) is 4.46. The maximum absolute atomic E-state index is 12.4. The first-order chi connectivity index (χ1) is 11.3. The number of ether oxygens (including phenoxy) is 1. The molecule has 1 fully saturated rings. The Kier molecular flexibility index (Phi) is 5.08. The van der Waals surface area contributed by atoms with Gasteiger partial charge in [0.1, 0.15) is 0 Å². The fourth-order valence-electron chi connectivity index (χ4n) is 3.12. The standard InChI is InChI=1S/C18H23N3O2/c1-2-6-16-15(12-20-21-16)18(22)19-11-14-9-10-23-17(14)13-7-4-3-5-8-13/h3-5,7-8,12,14,17H,2,6,9-11H2,1H3,(H,19,22)(H,20,21)/t14-,17-/m0/s1. The van der Waals surface area contributed by atoms with Gasteiger partial charge in [0.15, 0.2) is 0 Å². The number of benzene rings is 1. The molecular weight excluding hydrogens is 290 g/mol. The molecule has 3 rings (SSSR count). The first-order valence-electron chi connectivity index (χ1n) is 8.26. The second-order valence-corrected chi connectivity index (χ2v) is 5.97. The molecule has 1 amide bonds. The van der Waals surface area contributed by atoms with Crippen molar-refractivity contribution in [2.75, 3.05) is 13.2 Å². The summed E-state index contributed by atoms with van der Waals surface area (Å²) in [6.45, 7) is 3.45. The van der Waals surface area contributed by atoms with E-state index < -0.39 is 0 Å². The molecule has 2 atom stereocenters. The van der Waals surface area contributed by atoms with E-state index in [-0.39, 0.29) is 12.0 Å². The Bertz CT molecular complexity index is 639. The van der Waals surface area contributed by atoms with Crippen LogP contribution < -0.4 is 5.32 Å². The average molecular weight is 313 g/mol. The van der Waals surface area contributed by atoms with E-state index in [9.17, 15) is 4.79 Å². The van der Waals surface area contributed by atoms with E-state index in [4.69, 9.17) is 4.74 Å². The third-order valence-electron chi connectivity index (χ3n) is 4.33. The van der Waals surface area contributed by atoms with Gasteiger partial charge in [0.05, 0.1) is 17.9 Å². The van der Waals surface area contributed by atoms with Crippen LogP contribution in [0.25, 0.3) is 0 Å². The van der Waals surface area contributed by atoms with Gasteiger partial charge < -0.3 is 10.1 Å². The fraction of sp³-hybridized carbons (Fsp3) is 0.444. The van der Waals surface area contributed by atoms with E-state index in [1.807, 2.05) is 18.2 Å². The van der Waals surface area contributed by atoms with Crippen molar-refractivity contribution in [1.29, 1.82) is 0 Å². The van der Waals surface area contributed by atoms with Crippen LogP contribution in [-0.2, 0) is 11.2 Å². The van der Waals surface area contributed by atoms with Crippen molar-refractivity contribution in [3.8, 4) is 0 Å². The molecule has 0 spiro atoms. The molecule has 5 heteroatoms. The Morgan fingerprint density at radius 2 is 2.22 bits per heavy atom. The van der Waals surface area contributed by atoms with E-state index in [0.29, 0.717) is 18.0 Å². The van der Waals surface area contributed by atoms with Crippen molar-refractivity contribution in [3.05, 3.63) is 53.3 Å². The Balaban J connectivity index is 1.61. The minimum atomic E-state index is -0.0547. The molecule has 0 aliphatic carbocycles. The van der Waals surface area contributed by atoms with Crippen molar-refractivity contribution >= 4 is 5.91 Å². The van der Waals surface area contributed by atoms with Crippen LogP contribution in [0.15, 0.2) is 36.5 Å². The number of carbonyl (C=O) groups is 1. The summed E-state index contributed by atoms with van der Waals surface area (Å²) in [7, 11) is 0. The number of hydrogen-bond donors (Lipinski definition) is 2. The number of H-pyrrole nitrogens is 1. The zero-order valence-electron chi connectivity index (χ0n) is 13.4. The maximum Gasteiger partial charge on any atom is 0.254 e. The molecule has 0 bridgehead atoms. The minimum Gasteiger partial charge on any atom is -0.373 e. The van der Waals surface area contributed by atoms with Crippen molar-refractivity contribution in [3.63, 3.8) is 0 Å². The van der Waals surface area contributed by atoms with Gasteiger partial charge in [0.2, 0.25) is 0 Å². The van der Waals surface area contributed by atoms with Gasteiger partial charge in [-0.15, -0.1) is 0 Å². The Morgan fingerprint density at radius 1 is 1.39 bits per heavy atom. The monoisotopic (exact) mass is 313 g/mol. The van der Waals surface area contributed by atoms with Crippen LogP contribution in [0, 0.1) is 5.92 Å². The molecule has 2 heterocycles. The lowest BCUT2D eigenvalue weighted by atomic mass is 9.95. The van der Waals surface area contributed by atoms with Crippen molar-refractivity contribution in [2.45, 2.75) is 32.3 Å². The third kappa shape index (κ3) is 3.62. The molecule has 1 aliphatic heterocycles. The quantitative estimate of drug-likeness (QED) is 0.861. The first kappa shape index (κ1) is 15.7. The topological polar surface area (TPSA) is 67.0 Å². The van der Waals surface area contributed by atoms with Gasteiger partial charge in [0, 0.05) is 24.8 Å². The number of hydrogen-bond acceptors (Lipinski definition) is 3. The van der Waals surface area contributed by atoms with Crippen molar-refractivity contribution in [1.82, 2.24) is 15.5 Å². The number of carbonyl (C=O) groups excluding carboxylic acids is 1. The highest BCUT2D eigenvalue weighted by atomic mass is 16.5. The summed E-state index contributed by atoms with van der Waals surface area (Å²) in [5, 5.41) is 9.95. The van der Waals surface area contributed by atoms with Gasteiger partial charge in [-0.3, -0.25) is 9.89 Å². The Hall–Kier alpha value is -2.14. The Labute approximate surface area is 136 Å². The number of rotatable bonds is 6. The zero-order valence-corrected chi connectivity index (χ0v) is 13.4. The average Bonchev–Trinajstić information content (AvgIpc) is 3.23. The van der Waals surface area contributed by atoms with Gasteiger partial charge in [-0.2, -0.15) is 5.10 Å². The van der Waals surface area contributed by atoms with Crippen LogP contribution in [0.4, 0.5) is 0 Å². The molecule has 23 heavy (non-hydrogen) atoms. The lowest BCUT2D eigenvalue weighted by Crippen LogP contribution is -2.31. The summed E-state index contributed by atoms with van der Waals surface area (Å²) < 4.78 is 5.87. The van der Waals surface area contributed by atoms with E-state index in [2.05, 4.69) is 34.6 Å². The van der Waals surface area contributed by atoms with Gasteiger partial charge in [-0.25, -0.2) is 0 Å². The van der Waals surface area contributed by atoms with Crippen LogP contribution in [0.2, 0.25) is 0 Å². The fourth-order valence-corrected chi connectivity index (χ4v) is 3.12. The van der Waals surface area contributed by atoms with Gasteiger partial charge in [0.25, 0.3) is 5.91 Å². The van der Waals surface area contributed by atoms with Gasteiger partial charge in [-0.1, -0.05) is 43.7 Å². The number of nitrogens with zero attached hydrogens (tertiary/aromatic N) is 1. The predicted octanol–water partition coefficient (Wildman–Crippen LogP) is 2.87. The molecule has 1 aromatic heterocycles. The second kappa shape index (κ2) is 7.42. The molecule has 0 saturated carbocycles. The van der Waals surface area contributed by atoms with E-state index in [1.54, 1.807) is 6.20 Å². The third-order valence-corrected chi connectivity index (χ3v) is 4.33. The van der Waals surface area contributed by atoms with Crippen LogP contribution in [0.3, 0.4) is 0 Å². The van der Waals surface area contributed by atoms with Crippen LogP contribution in [0.5, 0.6) is 0 Å². The number of aryl methyl sites for hydroxylation is 1. The predicted molar refractivity (Wildman–Crippen MR) is 88.2 cm³/mol. The van der Waals surface area contributed by atoms with Crippen LogP contribution in [0.1, 0.15) is 47.5 Å². The second-order valence-electron chi connectivity index (χ2n) is 5.97. The van der Waals surface area contributed by atoms with Crippen molar-refractivity contribution < 1.29 is 9.53 Å². The van der Waals surface area contributed by atoms with E-state index in [0.717, 1.165) is 31.6 Å². The molecule has 2 aromatic rings. The molecule has 5 nitrogen and oxygen atoms in total. The number of nitrogens with one attached hydrogen (secondary N) is 2. The van der Waals surface area contributed by atoms with E-state index >= 15 is 0 Å². The maximum atomic E-state index is 12.4. The minimum absolute atomic E-state index is 0.0547. The highest BCUT2D eigenvalue weighted by Gasteiger charge is 2.30. The van der Waals surface area contributed by atoms with Crippen LogP contribution in [-0.4, -0.2) is 29.3 Å². The highest BCUT2D eigenvalue weighted by molar-refractivity contribution is 5.95. The molecule has 2 N–H and O–H groups in total. The smallest absolute Gasteiger partial charge is 0.254 e. The molecular formula is C18H23N3O2. The van der Waals surface area contributed by atoms with Crippen LogP contribution >= 0.6 is 0 Å². The molecule has 1 aromatic carbocycles.